The number of benzene rings is 2. The first-order chi connectivity index (χ1) is 15.4. The van der Waals surface area contributed by atoms with Crippen molar-refractivity contribution in [1.29, 1.82) is 0 Å². The van der Waals surface area contributed by atoms with E-state index >= 15 is 0 Å². The molecule has 0 bridgehead atoms. The van der Waals surface area contributed by atoms with E-state index in [1.54, 1.807) is 25.1 Å². The molecular formula is C22H17BrN4O3S2. The minimum absolute atomic E-state index is 0.0903. The van der Waals surface area contributed by atoms with E-state index < -0.39 is 5.91 Å². The molecule has 0 fully saturated rings. The van der Waals surface area contributed by atoms with Crippen LogP contribution in [0.2, 0.25) is 0 Å². The lowest BCUT2D eigenvalue weighted by atomic mass is 10.2. The van der Waals surface area contributed by atoms with Crippen molar-refractivity contribution in [2.45, 2.75) is 13.3 Å². The Kier molecular flexibility index (Phi) is 6.63. The smallest absolute Gasteiger partial charge is 0.293 e. The van der Waals surface area contributed by atoms with E-state index in [4.69, 9.17) is 16.6 Å². The lowest BCUT2D eigenvalue weighted by molar-refractivity contribution is -0.115. The van der Waals surface area contributed by atoms with Crippen molar-refractivity contribution in [3.05, 3.63) is 64.8 Å². The molecule has 0 unspecified atom stereocenters. The van der Waals surface area contributed by atoms with Crippen molar-refractivity contribution < 1.29 is 14.0 Å². The number of fused-ring (bicyclic) bond motifs is 1. The summed E-state index contributed by atoms with van der Waals surface area (Å²) in [5, 5.41) is 9.04. The van der Waals surface area contributed by atoms with Gasteiger partial charge in [0.25, 0.3) is 5.91 Å². The Morgan fingerprint density at radius 1 is 1.09 bits per heavy atom. The summed E-state index contributed by atoms with van der Waals surface area (Å²) in [5.74, 6) is 0.200. The van der Waals surface area contributed by atoms with E-state index in [9.17, 15) is 9.59 Å². The fourth-order valence-electron chi connectivity index (χ4n) is 2.82. The average Bonchev–Trinajstić information content (AvgIpc) is 3.41. The van der Waals surface area contributed by atoms with Crippen LogP contribution < -0.4 is 16.0 Å². The van der Waals surface area contributed by atoms with Crippen molar-refractivity contribution in [3.8, 4) is 11.3 Å². The fourth-order valence-corrected chi connectivity index (χ4v) is 4.22. The summed E-state index contributed by atoms with van der Waals surface area (Å²) in [4.78, 5) is 28.4. The summed E-state index contributed by atoms with van der Waals surface area (Å²) in [5.41, 5.74) is 2.31. The molecule has 10 heteroatoms. The van der Waals surface area contributed by atoms with Crippen LogP contribution in [0.3, 0.4) is 0 Å². The number of thiazole rings is 1. The summed E-state index contributed by atoms with van der Waals surface area (Å²) >= 11 is 10.0. The van der Waals surface area contributed by atoms with Gasteiger partial charge in [0.2, 0.25) is 5.91 Å². The van der Waals surface area contributed by atoms with E-state index in [0.29, 0.717) is 23.0 Å². The number of amides is 2. The largest absolute Gasteiger partial charge is 0.451 e. The second-order valence-corrected chi connectivity index (χ2v) is 9.04. The number of rotatable bonds is 5. The first-order valence-electron chi connectivity index (χ1n) is 9.60. The number of hydrogen-bond donors (Lipinski definition) is 3. The van der Waals surface area contributed by atoms with E-state index in [0.717, 1.165) is 20.3 Å². The first kappa shape index (κ1) is 22.1. The van der Waals surface area contributed by atoms with Gasteiger partial charge in [-0.25, -0.2) is 4.98 Å². The molecule has 162 valence electrons. The molecule has 4 aromatic rings. The van der Waals surface area contributed by atoms with Crippen LogP contribution in [0.5, 0.6) is 0 Å². The minimum Gasteiger partial charge on any atom is -0.451 e. The monoisotopic (exact) mass is 528 g/mol. The Hall–Kier alpha value is -3.08. The molecule has 2 amide bonds. The maximum atomic E-state index is 12.5. The minimum atomic E-state index is -0.450. The van der Waals surface area contributed by atoms with Crippen molar-refractivity contribution in [2.75, 3.05) is 10.6 Å². The zero-order valence-corrected chi connectivity index (χ0v) is 20.0. The molecule has 4 rings (SSSR count). The van der Waals surface area contributed by atoms with Crippen LogP contribution in [0, 0.1) is 0 Å². The van der Waals surface area contributed by atoms with Gasteiger partial charge in [0.15, 0.2) is 16.0 Å². The predicted octanol–water partition coefficient (Wildman–Crippen LogP) is 5.79. The third-order valence-electron chi connectivity index (χ3n) is 4.40. The molecule has 0 aliphatic carbocycles. The van der Waals surface area contributed by atoms with Crippen LogP contribution in [0.4, 0.5) is 10.8 Å². The molecule has 0 spiro atoms. The lowest BCUT2D eigenvalue weighted by Gasteiger charge is -2.08. The van der Waals surface area contributed by atoms with Crippen molar-refractivity contribution >= 4 is 77.4 Å². The van der Waals surface area contributed by atoms with Crippen molar-refractivity contribution in [1.82, 2.24) is 10.3 Å². The summed E-state index contributed by atoms with van der Waals surface area (Å²) in [6, 6.07) is 16.4. The Balaban J connectivity index is 1.40. The van der Waals surface area contributed by atoms with Gasteiger partial charge in [-0.05, 0) is 54.7 Å². The maximum absolute atomic E-state index is 12.5. The SMILES string of the molecule is CCC(=O)Nc1nc2ccc(NC(=S)NC(=O)c3ccc(-c4ccc(Br)cc4)o3)cc2s1. The molecule has 7 nitrogen and oxygen atoms in total. The summed E-state index contributed by atoms with van der Waals surface area (Å²) in [6.07, 6.45) is 0.386. The summed E-state index contributed by atoms with van der Waals surface area (Å²) in [6.45, 7) is 1.78. The highest BCUT2D eigenvalue weighted by Crippen LogP contribution is 2.28. The number of carbonyl (C=O) groups is 2. The first-order valence-corrected chi connectivity index (χ1v) is 11.6. The molecular weight excluding hydrogens is 512 g/mol. The molecule has 0 aliphatic heterocycles. The third-order valence-corrected chi connectivity index (χ3v) is 6.07. The van der Waals surface area contributed by atoms with Crippen LogP contribution in [0.25, 0.3) is 21.5 Å². The zero-order chi connectivity index (χ0) is 22.7. The molecule has 0 radical (unpaired) electrons. The van der Waals surface area contributed by atoms with Crippen LogP contribution in [-0.4, -0.2) is 21.9 Å². The van der Waals surface area contributed by atoms with Gasteiger partial charge in [0, 0.05) is 22.1 Å². The summed E-state index contributed by atoms with van der Waals surface area (Å²) in [7, 11) is 0. The summed E-state index contributed by atoms with van der Waals surface area (Å²) < 4.78 is 7.50. The number of anilines is 2. The van der Waals surface area contributed by atoms with Crippen molar-refractivity contribution in [2.24, 2.45) is 0 Å². The second-order valence-electron chi connectivity index (χ2n) is 6.68. The van der Waals surface area contributed by atoms with E-state index in [1.165, 1.54) is 11.3 Å². The van der Waals surface area contributed by atoms with E-state index in [1.807, 2.05) is 36.4 Å². The third kappa shape index (κ3) is 5.21. The molecule has 2 heterocycles. The number of carbonyl (C=O) groups excluding carboxylic acids is 2. The van der Waals surface area contributed by atoms with Crippen LogP contribution in [0.1, 0.15) is 23.9 Å². The maximum Gasteiger partial charge on any atom is 0.293 e. The Labute approximate surface area is 201 Å². The van der Waals surface area contributed by atoms with E-state index in [-0.39, 0.29) is 16.8 Å². The molecule has 0 saturated carbocycles. The molecule has 2 aromatic carbocycles. The quantitative estimate of drug-likeness (QED) is 0.283. The Morgan fingerprint density at radius 2 is 1.88 bits per heavy atom. The normalized spacial score (nSPS) is 10.7. The van der Waals surface area contributed by atoms with Crippen LogP contribution in [-0.2, 0) is 4.79 Å². The van der Waals surface area contributed by atoms with Gasteiger partial charge in [-0.3, -0.25) is 14.9 Å². The molecule has 0 saturated heterocycles. The van der Waals surface area contributed by atoms with Gasteiger partial charge in [-0.2, -0.15) is 0 Å². The van der Waals surface area contributed by atoms with Gasteiger partial charge >= 0.3 is 0 Å². The molecule has 2 aromatic heterocycles. The van der Waals surface area contributed by atoms with E-state index in [2.05, 4.69) is 36.9 Å². The number of aromatic nitrogens is 1. The standard InChI is InChI=1S/C22H17BrN4O3S2/c1-2-19(28)26-22-25-15-8-7-14(11-18(15)32-22)24-21(31)27-20(29)17-10-9-16(30-17)12-3-5-13(23)6-4-12/h3-11H,2H2,1H3,(H,25,26,28)(H2,24,27,29,31). The number of nitrogens with zero attached hydrogens (tertiary/aromatic N) is 1. The number of furan rings is 1. The Bertz CT molecular complexity index is 1310. The van der Waals surface area contributed by atoms with Gasteiger partial charge in [0.05, 0.1) is 10.2 Å². The molecule has 32 heavy (non-hydrogen) atoms. The number of halogens is 1. The van der Waals surface area contributed by atoms with Gasteiger partial charge in [-0.15, -0.1) is 0 Å². The fraction of sp³-hybridized carbons (Fsp3) is 0.0909. The molecule has 0 aliphatic rings. The average molecular weight is 529 g/mol. The van der Waals surface area contributed by atoms with Crippen molar-refractivity contribution in [3.63, 3.8) is 0 Å². The number of thiocarbonyl (C=S) groups is 1. The molecule has 3 N–H and O–H groups in total. The second kappa shape index (κ2) is 9.60. The number of hydrogen-bond acceptors (Lipinski definition) is 6. The lowest BCUT2D eigenvalue weighted by Crippen LogP contribution is -2.33. The van der Waals surface area contributed by atoms with Gasteiger partial charge in [0.1, 0.15) is 5.76 Å². The number of nitrogens with one attached hydrogen (secondary N) is 3. The van der Waals surface area contributed by atoms with Crippen LogP contribution >= 0.6 is 39.5 Å². The highest BCUT2D eigenvalue weighted by Gasteiger charge is 2.14. The highest BCUT2D eigenvalue weighted by molar-refractivity contribution is 9.10. The zero-order valence-electron chi connectivity index (χ0n) is 16.8. The highest BCUT2D eigenvalue weighted by atomic mass is 79.9. The Morgan fingerprint density at radius 3 is 2.62 bits per heavy atom. The van der Waals surface area contributed by atoms with Gasteiger partial charge < -0.3 is 15.1 Å². The topological polar surface area (TPSA) is 96.3 Å². The molecule has 0 atom stereocenters. The predicted molar refractivity (Wildman–Crippen MR) is 134 cm³/mol. The van der Waals surface area contributed by atoms with Crippen LogP contribution in [0.15, 0.2) is 63.5 Å². The van der Waals surface area contributed by atoms with Gasteiger partial charge in [-0.1, -0.05) is 46.3 Å².